The Labute approximate surface area is 231 Å². The number of nitrogens with zero attached hydrogens (tertiary/aromatic N) is 3. The van der Waals surface area contributed by atoms with Crippen LogP contribution in [0.15, 0.2) is 64.6 Å². The minimum absolute atomic E-state index is 0.0337. The minimum Gasteiger partial charge on any atom is -0.490 e. The SMILES string of the molecule is CCOc1cc(/C=C(\C#N)C(=O)Nc2cccc(C(F)(F)F)c2)cc(Br)c1Oc1ccc([N+](=O)[O-])cc1[N+](=O)[O-]. The van der Waals surface area contributed by atoms with E-state index in [1.54, 1.807) is 13.0 Å². The van der Waals surface area contributed by atoms with Gasteiger partial charge in [0.05, 0.1) is 32.6 Å². The first kappa shape index (κ1) is 29.6. The topological polar surface area (TPSA) is 158 Å². The summed E-state index contributed by atoms with van der Waals surface area (Å²) in [5.74, 6) is -1.30. The molecule has 11 nitrogen and oxygen atoms in total. The summed E-state index contributed by atoms with van der Waals surface area (Å²) >= 11 is 3.25. The lowest BCUT2D eigenvalue weighted by molar-refractivity contribution is -0.394. The number of amides is 1. The summed E-state index contributed by atoms with van der Waals surface area (Å²) in [6.07, 6.45) is -3.48. The zero-order valence-electron chi connectivity index (χ0n) is 20.2. The third-order valence-electron chi connectivity index (χ3n) is 5.02. The van der Waals surface area contributed by atoms with Crippen molar-refractivity contribution in [3.8, 4) is 23.3 Å². The fourth-order valence-electron chi connectivity index (χ4n) is 3.28. The highest BCUT2D eigenvalue weighted by molar-refractivity contribution is 9.10. The number of ether oxygens (including phenoxy) is 2. The van der Waals surface area contributed by atoms with Crippen LogP contribution in [0.3, 0.4) is 0 Å². The van der Waals surface area contributed by atoms with Gasteiger partial charge < -0.3 is 14.8 Å². The average molecular weight is 621 g/mol. The van der Waals surface area contributed by atoms with E-state index in [-0.39, 0.29) is 39.6 Å². The van der Waals surface area contributed by atoms with Crippen LogP contribution in [0.5, 0.6) is 17.2 Å². The number of nitro groups is 2. The van der Waals surface area contributed by atoms with E-state index in [9.17, 15) is 43.5 Å². The molecule has 0 atom stereocenters. The Hall–Kier alpha value is -4.97. The zero-order chi connectivity index (χ0) is 29.6. The summed E-state index contributed by atoms with van der Waals surface area (Å²) in [6, 6.07) is 11.1. The van der Waals surface area contributed by atoms with Crippen LogP contribution < -0.4 is 14.8 Å². The summed E-state index contributed by atoms with van der Waals surface area (Å²) in [5.41, 5.74) is -2.57. The van der Waals surface area contributed by atoms with Crippen LogP contribution in [0.4, 0.5) is 30.2 Å². The third-order valence-corrected chi connectivity index (χ3v) is 5.61. The molecule has 0 aliphatic rings. The molecular weight excluding hydrogens is 605 g/mol. The third kappa shape index (κ3) is 7.11. The fourth-order valence-corrected chi connectivity index (χ4v) is 3.82. The van der Waals surface area contributed by atoms with Gasteiger partial charge in [0.15, 0.2) is 11.5 Å². The van der Waals surface area contributed by atoms with Gasteiger partial charge >= 0.3 is 11.9 Å². The van der Waals surface area contributed by atoms with Gasteiger partial charge in [-0.05, 0) is 70.9 Å². The van der Waals surface area contributed by atoms with Crippen molar-refractivity contribution in [1.29, 1.82) is 5.26 Å². The maximum absolute atomic E-state index is 13.0. The normalized spacial score (nSPS) is 11.3. The molecule has 0 radical (unpaired) electrons. The molecule has 3 aromatic carbocycles. The van der Waals surface area contributed by atoms with Crippen LogP contribution in [0.1, 0.15) is 18.1 Å². The fraction of sp³-hybridized carbons (Fsp3) is 0.120. The first-order chi connectivity index (χ1) is 18.8. The molecule has 206 valence electrons. The summed E-state index contributed by atoms with van der Waals surface area (Å²) in [6.45, 7) is 1.75. The quantitative estimate of drug-likeness (QED) is 0.116. The van der Waals surface area contributed by atoms with Crippen molar-refractivity contribution in [2.45, 2.75) is 13.1 Å². The molecule has 0 heterocycles. The number of alkyl halides is 3. The zero-order valence-corrected chi connectivity index (χ0v) is 21.8. The largest absolute Gasteiger partial charge is 0.490 e. The highest BCUT2D eigenvalue weighted by atomic mass is 79.9. The Morgan fingerprint density at radius 3 is 2.42 bits per heavy atom. The molecule has 1 amide bonds. The number of benzene rings is 3. The van der Waals surface area contributed by atoms with Crippen LogP contribution in [0.2, 0.25) is 0 Å². The van der Waals surface area contributed by atoms with Crippen molar-refractivity contribution in [1.82, 2.24) is 0 Å². The molecular formula is C25H16BrF3N4O7. The first-order valence-corrected chi connectivity index (χ1v) is 11.8. The monoisotopic (exact) mass is 620 g/mol. The van der Waals surface area contributed by atoms with E-state index in [1.165, 1.54) is 18.2 Å². The smallest absolute Gasteiger partial charge is 0.416 e. The van der Waals surface area contributed by atoms with E-state index in [4.69, 9.17) is 9.47 Å². The van der Waals surface area contributed by atoms with Gasteiger partial charge in [0.2, 0.25) is 5.75 Å². The number of carbonyl (C=O) groups excluding carboxylic acids is 1. The lowest BCUT2D eigenvalue weighted by Gasteiger charge is -2.15. The maximum atomic E-state index is 13.0. The number of nitriles is 1. The Kier molecular flexibility index (Phi) is 9.07. The van der Waals surface area contributed by atoms with Crippen molar-refractivity contribution in [2.24, 2.45) is 0 Å². The van der Waals surface area contributed by atoms with Gasteiger partial charge in [0.1, 0.15) is 11.6 Å². The number of carbonyl (C=O) groups is 1. The molecule has 3 aromatic rings. The number of anilines is 1. The van der Waals surface area contributed by atoms with Crippen molar-refractivity contribution in [3.63, 3.8) is 0 Å². The second-order valence-corrected chi connectivity index (χ2v) is 8.59. The lowest BCUT2D eigenvalue weighted by Crippen LogP contribution is -2.14. The standard InChI is InChI=1S/C25H16BrF3N4O7/c1-2-39-22-10-14(8-15(13-30)24(34)31-17-5-3-4-16(11-17)25(27,28)29)9-19(26)23(22)40-21-7-6-18(32(35)36)12-20(21)33(37)38/h3-12H,2H2,1H3,(H,31,34)/b15-8+. The number of nitro benzene ring substituents is 2. The van der Waals surface area contributed by atoms with Gasteiger partial charge in [0, 0.05) is 11.8 Å². The molecule has 0 unspecified atom stereocenters. The van der Waals surface area contributed by atoms with E-state index >= 15 is 0 Å². The number of halogens is 4. The van der Waals surface area contributed by atoms with Crippen LogP contribution >= 0.6 is 15.9 Å². The Bertz CT molecular complexity index is 1570. The number of nitrogens with one attached hydrogen (secondary N) is 1. The second-order valence-electron chi connectivity index (χ2n) is 7.73. The summed E-state index contributed by atoms with van der Waals surface area (Å²) < 4.78 is 50.3. The molecule has 40 heavy (non-hydrogen) atoms. The first-order valence-electron chi connectivity index (χ1n) is 11.0. The van der Waals surface area contributed by atoms with Crippen LogP contribution in [0.25, 0.3) is 6.08 Å². The molecule has 0 aliphatic carbocycles. The number of non-ortho nitro benzene ring substituents is 1. The molecule has 0 aromatic heterocycles. The molecule has 0 fully saturated rings. The van der Waals surface area contributed by atoms with Gasteiger partial charge in [-0.2, -0.15) is 18.4 Å². The molecule has 0 saturated heterocycles. The van der Waals surface area contributed by atoms with Gasteiger partial charge in [-0.15, -0.1) is 0 Å². The number of rotatable bonds is 9. The summed E-state index contributed by atoms with van der Waals surface area (Å²) in [7, 11) is 0. The Morgan fingerprint density at radius 1 is 1.10 bits per heavy atom. The summed E-state index contributed by atoms with van der Waals surface area (Å²) in [5, 5.41) is 34.2. The second kappa shape index (κ2) is 12.3. The van der Waals surface area contributed by atoms with E-state index in [1.807, 2.05) is 0 Å². The molecule has 3 rings (SSSR count). The van der Waals surface area contributed by atoms with E-state index in [2.05, 4.69) is 21.2 Å². The highest BCUT2D eigenvalue weighted by Crippen LogP contribution is 2.43. The molecule has 0 saturated carbocycles. The van der Waals surface area contributed by atoms with E-state index in [0.29, 0.717) is 0 Å². The molecule has 15 heteroatoms. The van der Waals surface area contributed by atoms with Crippen molar-refractivity contribution in [3.05, 3.63) is 96.0 Å². The van der Waals surface area contributed by atoms with Crippen molar-refractivity contribution < 1.29 is 37.3 Å². The highest BCUT2D eigenvalue weighted by Gasteiger charge is 2.30. The Morgan fingerprint density at radius 2 is 1.82 bits per heavy atom. The molecule has 0 bridgehead atoms. The molecule has 0 spiro atoms. The van der Waals surface area contributed by atoms with Crippen molar-refractivity contribution in [2.75, 3.05) is 11.9 Å². The number of hydrogen-bond acceptors (Lipinski definition) is 8. The molecule has 1 N–H and O–H groups in total. The van der Waals surface area contributed by atoms with Crippen LogP contribution in [-0.2, 0) is 11.0 Å². The predicted molar refractivity (Wildman–Crippen MR) is 139 cm³/mol. The summed E-state index contributed by atoms with van der Waals surface area (Å²) in [4.78, 5) is 33.5. The van der Waals surface area contributed by atoms with Gasteiger partial charge in [0.25, 0.3) is 11.6 Å². The minimum atomic E-state index is -4.63. The molecule has 0 aliphatic heterocycles. The van der Waals surface area contributed by atoms with E-state index in [0.717, 1.165) is 42.5 Å². The van der Waals surface area contributed by atoms with Crippen LogP contribution in [0, 0.1) is 31.6 Å². The van der Waals surface area contributed by atoms with Gasteiger partial charge in [-0.1, -0.05) is 6.07 Å². The van der Waals surface area contributed by atoms with Gasteiger partial charge in [-0.25, -0.2) is 0 Å². The average Bonchev–Trinajstić information content (AvgIpc) is 2.88. The van der Waals surface area contributed by atoms with Crippen LogP contribution in [-0.4, -0.2) is 22.4 Å². The Balaban J connectivity index is 1.96. The van der Waals surface area contributed by atoms with Gasteiger partial charge in [-0.3, -0.25) is 25.0 Å². The van der Waals surface area contributed by atoms with Crippen molar-refractivity contribution >= 4 is 45.0 Å². The maximum Gasteiger partial charge on any atom is 0.416 e. The predicted octanol–water partition coefficient (Wildman–Crippen LogP) is 7.02. The lowest BCUT2D eigenvalue weighted by atomic mass is 10.1. The van der Waals surface area contributed by atoms with E-state index < -0.39 is 44.4 Å². The number of hydrogen-bond donors (Lipinski definition) is 1.